The lowest BCUT2D eigenvalue weighted by atomic mass is 10.0. The zero-order chi connectivity index (χ0) is 15.3. The fourth-order valence-corrected chi connectivity index (χ4v) is 2.02. The molecule has 0 atom stereocenters. The number of hydrogen-bond acceptors (Lipinski definition) is 2. The monoisotopic (exact) mass is 275 g/mol. The number of nitrogens with zero attached hydrogens (tertiary/aromatic N) is 1. The van der Waals surface area contributed by atoms with Gasteiger partial charge in [0.15, 0.2) is 0 Å². The minimum absolute atomic E-state index is 0.0770. The van der Waals surface area contributed by atoms with Crippen molar-refractivity contribution in [1.82, 2.24) is 4.90 Å². The van der Waals surface area contributed by atoms with Gasteiger partial charge in [-0.2, -0.15) is 0 Å². The van der Waals surface area contributed by atoms with Gasteiger partial charge in [0.05, 0.1) is 12.0 Å². The van der Waals surface area contributed by atoms with E-state index in [1.165, 1.54) is 6.07 Å². The SMILES string of the molecule is C=CCN(C(=O)Cc1ccccc1C(=O)O)C(C)(C)C. The number of carboxylic acids is 1. The van der Waals surface area contributed by atoms with E-state index in [0.717, 1.165) is 0 Å². The first-order chi connectivity index (χ1) is 9.27. The summed E-state index contributed by atoms with van der Waals surface area (Å²) < 4.78 is 0. The van der Waals surface area contributed by atoms with Crippen LogP contribution in [0.15, 0.2) is 36.9 Å². The van der Waals surface area contributed by atoms with Crippen molar-refractivity contribution in [3.05, 3.63) is 48.0 Å². The molecule has 0 bridgehead atoms. The minimum Gasteiger partial charge on any atom is -0.478 e. The summed E-state index contributed by atoms with van der Waals surface area (Å²) in [5, 5.41) is 9.14. The zero-order valence-electron chi connectivity index (χ0n) is 12.2. The van der Waals surface area contributed by atoms with Gasteiger partial charge < -0.3 is 10.0 Å². The standard InChI is InChI=1S/C16H21NO3/c1-5-10-17(16(2,3)4)14(18)11-12-8-6-7-9-13(12)15(19)20/h5-9H,1,10-11H2,2-4H3,(H,19,20). The molecule has 0 saturated carbocycles. The Hall–Kier alpha value is -2.10. The van der Waals surface area contributed by atoms with Crippen LogP contribution in [0.4, 0.5) is 0 Å². The van der Waals surface area contributed by atoms with Crippen LogP contribution in [0.5, 0.6) is 0 Å². The van der Waals surface area contributed by atoms with Crippen molar-refractivity contribution in [2.45, 2.75) is 32.7 Å². The molecule has 1 rings (SSSR count). The van der Waals surface area contributed by atoms with Crippen LogP contribution in [-0.2, 0) is 11.2 Å². The van der Waals surface area contributed by atoms with Crippen LogP contribution >= 0.6 is 0 Å². The maximum atomic E-state index is 12.4. The van der Waals surface area contributed by atoms with Crippen LogP contribution in [0.25, 0.3) is 0 Å². The normalized spacial score (nSPS) is 10.9. The molecule has 0 unspecified atom stereocenters. The smallest absolute Gasteiger partial charge is 0.335 e. The number of benzene rings is 1. The largest absolute Gasteiger partial charge is 0.478 e. The molecule has 0 radical (unpaired) electrons. The third-order valence-electron chi connectivity index (χ3n) is 3.01. The molecule has 108 valence electrons. The lowest BCUT2D eigenvalue weighted by molar-refractivity contribution is -0.134. The van der Waals surface area contributed by atoms with E-state index >= 15 is 0 Å². The Labute approximate surface area is 119 Å². The molecule has 0 heterocycles. The van der Waals surface area contributed by atoms with Gasteiger partial charge >= 0.3 is 5.97 Å². The van der Waals surface area contributed by atoms with Crippen LogP contribution in [0.1, 0.15) is 36.7 Å². The highest BCUT2D eigenvalue weighted by atomic mass is 16.4. The van der Waals surface area contributed by atoms with Crippen molar-refractivity contribution in [3.8, 4) is 0 Å². The molecule has 0 spiro atoms. The molecule has 0 saturated heterocycles. The Kier molecular flexibility index (Phi) is 5.08. The van der Waals surface area contributed by atoms with Crippen LogP contribution < -0.4 is 0 Å². The highest BCUT2D eigenvalue weighted by molar-refractivity contribution is 5.91. The van der Waals surface area contributed by atoms with Gasteiger partial charge in [-0.05, 0) is 32.4 Å². The van der Waals surface area contributed by atoms with E-state index in [1.54, 1.807) is 29.2 Å². The summed E-state index contributed by atoms with van der Waals surface area (Å²) in [7, 11) is 0. The van der Waals surface area contributed by atoms with Gasteiger partial charge in [0.25, 0.3) is 0 Å². The van der Waals surface area contributed by atoms with Gasteiger partial charge in [-0.15, -0.1) is 6.58 Å². The Morgan fingerprint density at radius 2 is 1.90 bits per heavy atom. The van der Waals surface area contributed by atoms with Crippen molar-refractivity contribution in [2.75, 3.05) is 6.54 Å². The molecule has 0 aliphatic rings. The molecule has 0 aliphatic heterocycles. The number of carbonyl (C=O) groups is 2. The van der Waals surface area contributed by atoms with E-state index in [2.05, 4.69) is 6.58 Å². The van der Waals surface area contributed by atoms with Crippen LogP contribution in [0.3, 0.4) is 0 Å². The van der Waals surface area contributed by atoms with E-state index in [0.29, 0.717) is 12.1 Å². The van der Waals surface area contributed by atoms with Crippen molar-refractivity contribution in [2.24, 2.45) is 0 Å². The van der Waals surface area contributed by atoms with Crippen molar-refractivity contribution in [1.29, 1.82) is 0 Å². The molecule has 1 aromatic carbocycles. The third-order valence-corrected chi connectivity index (χ3v) is 3.01. The summed E-state index contributed by atoms with van der Waals surface area (Å²) in [6, 6.07) is 6.59. The molecular weight excluding hydrogens is 254 g/mol. The van der Waals surface area contributed by atoms with Gasteiger partial charge in [-0.3, -0.25) is 4.79 Å². The first-order valence-corrected chi connectivity index (χ1v) is 6.50. The average molecular weight is 275 g/mol. The van der Waals surface area contributed by atoms with Crippen molar-refractivity contribution < 1.29 is 14.7 Å². The second kappa shape index (κ2) is 6.37. The average Bonchev–Trinajstić information content (AvgIpc) is 2.34. The molecule has 0 aliphatic carbocycles. The predicted molar refractivity (Wildman–Crippen MR) is 78.8 cm³/mol. The molecule has 1 aromatic rings. The van der Waals surface area contributed by atoms with Crippen LogP contribution in [0.2, 0.25) is 0 Å². The van der Waals surface area contributed by atoms with Gasteiger partial charge in [0.1, 0.15) is 0 Å². The third kappa shape index (κ3) is 3.95. The molecular formula is C16H21NO3. The quantitative estimate of drug-likeness (QED) is 0.841. The van der Waals surface area contributed by atoms with E-state index in [4.69, 9.17) is 5.11 Å². The summed E-state index contributed by atoms with van der Waals surface area (Å²) in [5.74, 6) is -1.12. The van der Waals surface area contributed by atoms with Gasteiger partial charge in [-0.1, -0.05) is 24.3 Å². The first kappa shape index (κ1) is 16.0. The van der Waals surface area contributed by atoms with Crippen molar-refractivity contribution >= 4 is 11.9 Å². The predicted octanol–water partition coefficient (Wildman–Crippen LogP) is 2.74. The molecule has 4 nitrogen and oxygen atoms in total. The summed E-state index contributed by atoms with van der Waals surface area (Å²) in [6.07, 6.45) is 1.75. The summed E-state index contributed by atoms with van der Waals surface area (Å²) >= 11 is 0. The zero-order valence-corrected chi connectivity index (χ0v) is 12.2. The molecule has 0 fully saturated rings. The maximum Gasteiger partial charge on any atom is 0.335 e. The fraction of sp³-hybridized carbons (Fsp3) is 0.375. The molecule has 1 amide bonds. The Morgan fingerprint density at radius 3 is 2.40 bits per heavy atom. The number of hydrogen-bond donors (Lipinski definition) is 1. The lowest BCUT2D eigenvalue weighted by Crippen LogP contribution is -2.46. The first-order valence-electron chi connectivity index (χ1n) is 6.50. The van der Waals surface area contributed by atoms with E-state index in [9.17, 15) is 9.59 Å². The second-order valence-electron chi connectivity index (χ2n) is 5.60. The van der Waals surface area contributed by atoms with Crippen molar-refractivity contribution in [3.63, 3.8) is 0 Å². The molecule has 4 heteroatoms. The molecule has 20 heavy (non-hydrogen) atoms. The molecule has 1 N–H and O–H groups in total. The van der Waals surface area contributed by atoms with Gasteiger partial charge in [0.2, 0.25) is 5.91 Å². The summed E-state index contributed by atoms with van der Waals surface area (Å²) in [6.45, 7) is 9.93. The summed E-state index contributed by atoms with van der Waals surface area (Å²) in [4.78, 5) is 25.3. The van der Waals surface area contributed by atoms with E-state index in [-0.39, 0.29) is 23.4 Å². The number of carboxylic acid groups (broad SMARTS) is 1. The second-order valence-corrected chi connectivity index (χ2v) is 5.60. The lowest BCUT2D eigenvalue weighted by Gasteiger charge is -2.35. The highest BCUT2D eigenvalue weighted by Crippen LogP contribution is 2.17. The topological polar surface area (TPSA) is 57.6 Å². The van der Waals surface area contributed by atoms with E-state index < -0.39 is 5.97 Å². The fourth-order valence-electron chi connectivity index (χ4n) is 2.02. The van der Waals surface area contributed by atoms with Crippen LogP contribution in [-0.4, -0.2) is 34.0 Å². The Balaban J connectivity index is 3.00. The van der Waals surface area contributed by atoms with Gasteiger partial charge in [-0.25, -0.2) is 4.79 Å². The maximum absolute atomic E-state index is 12.4. The Morgan fingerprint density at radius 1 is 1.30 bits per heavy atom. The Bertz CT molecular complexity index is 515. The van der Waals surface area contributed by atoms with E-state index in [1.807, 2.05) is 20.8 Å². The molecule has 0 aromatic heterocycles. The highest BCUT2D eigenvalue weighted by Gasteiger charge is 2.26. The minimum atomic E-state index is -1.01. The number of amides is 1. The van der Waals surface area contributed by atoms with Crippen LogP contribution in [0, 0.1) is 0 Å². The number of carbonyl (C=O) groups excluding carboxylic acids is 1. The number of rotatable bonds is 5. The van der Waals surface area contributed by atoms with Gasteiger partial charge in [0, 0.05) is 12.1 Å². The summed E-state index contributed by atoms with van der Waals surface area (Å²) in [5.41, 5.74) is 0.375. The number of aromatic carboxylic acids is 1.